The Kier molecular flexibility index (Phi) is 3.66. The van der Waals surface area contributed by atoms with Crippen molar-refractivity contribution in [1.29, 1.82) is 0 Å². The van der Waals surface area contributed by atoms with E-state index in [-0.39, 0.29) is 22.2 Å². The van der Waals surface area contributed by atoms with E-state index in [9.17, 15) is 13.2 Å². The molecular formula is C12H10N2O5S. The second-order valence-corrected chi connectivity index (χ2v) is 5.88. The highest BCUT2D eigenvalue weighted by Gasteiger charge is 2.15. The number of aromatic carboxylic acids is 1. The first-order valence-corrected chi connectivity index (χ1v) is 7.29. The highest BCUT2D eigenvalue weighted by Crippen LogP contribution is 2.24. The van der Waals surface area contributed by atoms with Gasteiger partial charge in [-0.25, -0.2) is 23.2 Å². The van der Waals surface area contributed by atoms with Crippen LogP contribution in [0.5, 0.6) is 11.6 Å². The SMILES string of the molecule is CS(=O)(=O)c1cccc(Oc2nccnc2C(=O)O)c1. The summed E-state index contributed by atoms with van der Waals surface area (Å²) < 4.78 is 28.2. The number of nitrogens with zero attached hydrogens (tertiary/aromatic N) is 2. The van der Waals surface area contributed by atoms with Crippen molar-refractivity contribution in [2.24, 2.45) is 0 Å². The first-order valence-electron chi connectivity index (χ1n) is 5.40. The zero-order valence-corrected chi connectivity index (χ0v) is 11.2. The number of hydrogen-bond donors (Lipinski definition) is 1. The van der Waals surface area contributed by atoms with Gasteiger partial charge in [-0.2, -0.15) is 0 Å². The zero-order valence-electron chi connectivity index (χ0n) is 10.3. The van der Waals surface area contributed by atoms with Gasteiger partial charge in [-0.3, -0.25) is 0 Å². The van der Waals surface area contributed by atoms with Crippen molar-refractivity contribution >= 4 is 15.8 Å². The van der Waals surface area contributed by atoms with Crippen LogP contribution in [0, 0.1) is 0 Å². The number of benzene rings is 1. The Labute approximate surface area is 114 Å². The van der Waals surface area contributed by atoms with Gasteiger partial charge in [0.1, 0.15) is 5.75 Å². The van der Waals surface area contributed by atoms with Crippen LogP contribution in [-0.4, -0.2) is 35.7 Å². The van der Waals surface area contributed by atoms with Crippen molar-refractivity contribution in [3.05, 3.63) is 42.4 Å². The van der Waals surface area contributed by atoms with Gasteiger partial charge in [-0.1, -0.05) is 6.07 Å². The minimum atomic E-state index is -3.38. The molecule has 0 radical (unpaired) electrons. The Hall–Kier alpha value is -2.48. The van der Waals surface area contributed by atoms with Crippen LogP contribution < -0.4 is 4.74 Å². The summed E-state index contributed by atoms with van der Waals surface area (Å²) in [6.07, 6.45) is 3.57. The standard InChI is InChI=1S/C12H10N2O5S/c1-20(17,18)9-4-2-3-8(7-9)19-11-10(12(15)16)13-5-6-14-11/h2-7H,1H3,(H,15,16). The van der Waals surface area contributed by atoms with E-state index < -0.39 is 15.8 Å². The molecule has 104 valence electrons. The first-order chi connectivity index (χ1) is 9.38. The molecule has 1 aromatic heterocycles. The summed E-state index contributed by atoms with van der Waals surface area (Å²) in [6.45, 7) is 0. The molecule has 0 bridgehead atoms. The van der Waals surface area contributed by atoms with Gasteiger partial charge in [0.2, 0.25) is 5.69 Å². The van der Waals surface area contributed by atoms with Gasteiger partial charge in [0.25, 0.3) is 5.88 Å². The molecule has 0 aliphatic rings. The smallest absolute Gasteiger partial charge is 0.360 e. The Morgan fingerprint density at radius 1 is 1.25 bits per heavy atom. The van der Waals surface area contributed by atoms with Crippen LogP contribution in [0.15, 0.2) is 41.6 Å². The van der Waals surface area contributed by atoms with Gasteiger partial charge in [-0.15, -0.1) is 0 Å². The second-order valence-electron chi connectivity index (χ2n) is 3.86. The average Bonchev–Trinajstić information content (AvgIpc) is 2.38. The Bertz CT molecular complexity index is 758. The summed E-state index contributed by atoms with van der Waals surface area (Å²) in [7, 11) is -3.38. The second kappa shape index (κ2) is 5.25. The van der Waals surface area contributed by atoms with E-state index in [2.05, 4.69) is 9.97 Å². The summed E-state index contributed by atoms with van der Waals surface area (Å²) in [4.78, 5) is 18.4. The van der Waals surface area contributed by atoms with E-state index in [1.165, 1.54) is 36.7 Å². The van der Waals surface area contributed by atoms with Crippen LogP contribution >= 0.6 is 0 Å². The monoisotopic (exact) mass is 294 g/mol. The number of carboxylic acids is 1. The van der Waals surface area contributed by atoms with Gasteiger partial charge in [0.05, 0.1) is 4.90 Å². The number of rotatable bonds is 4. The lowest BCUT2D eigenvalue weighted by Crippen LogP contribution is -2.05. The van der Waals surface area contributed by atoms with E-state index in [1.54, 1.807) is 0 Å². The predicted octanol–water partition coefficient (Wildman–Crippen LogP) is 1.37. The summed E-state index contributed by atoms with van der Waals surface area (Å²) in [5, 5.41) is 8.95. The van der Waals surface area contributed by atoms with E-state index in [4.69, 9.17) is 9.84 Å². The van der Waals surface area contributed by atoms with Gasteiger partial charge in [0.15, 0.2) is 9.84 Å². The summed E-state index contributed by atoms with van der Waals surface area (Å²) in [6, 6.07) is 5.68. The molecule has 7 nitrogen and oxygen atoms in total. The molecule has 0 saturated carbocycles. The highest BCUT2D eigenvalue weighted by atomic mass is 32.2. The van der Waals surface area contributed by atoms with Crippen LogP contribution in [0.2, 0.25) is 0 Å². The lowest BCUT2D eigenvalue weighted by atomic mass is 10.3. The van der Waals surface area contributed by atoms with Crippen molar-refractivity contribution < 1.29 is 23.1 Å². The molecule has 2 rings (SSSR count). The molecule has 0 aliphatic heterocycles. The van der Waals surface area contributed by atoms with Crippen molar-refractivity contribution in [2.45, 2.75) is 4.90 Å². The van der Waals surface area contributed by atoms with Crippen molar-refractivity contribution in [1.82, 2.24) is 9.97 Å². The highest BCUT2D eigenvalue weighted by molar-refractivity contribution is 7.90. The molecule has 0 spiro atoms. The molecular weight excluding hydrogens is 284 g/mol. The quantitative estimate of drug-likeness (QED) is 0.907. The number of hydrogen-bond acceptors (Lipinski definition) is 6. The predicted molar refractivity (Wildman–Crippen MR) is 68.6 cm³/mol. The van der Waals surface area contributed by atoms with Crippen LogP contribution in [0.1, 0.15) is 10.5 Å². The van der Waals surface area contributed by atoms with Gasteiger partial charge in [-0.05, 0) is 18.2 Å². The number of aromatic nitrogens is 2. The molecule has 0 unspecified atom stereocenters. The van der Waals surface area contributed by atoms with Gasteiger partial charge >= 0.3 is 5.97 Å². The summed E-state index contributed by atoms with van der Waals surface area (Å²) >= 11 is 0. The van der Waals surface area contributed by atoms with Crippen molar-refractivity contribution in [2.75, 3.05) is 6.26 Å². The molecule has 1 N–H and O–H groups in total. The van der Waals surface area contributed by atoms with Crippen LogP contribution in [0.25, 0.3) is 0 Å². The van der Waals surface area contributed by atoms with Gasteiger partial charge in [0, 0.05) is 18.6 Å². The Morgan fingerprint density at radius 2 is 1.95 bits per heavy atom. The molecule has 0 atom stereocenters. The van der Waals surface area contributed by atoms with Crippen LogP contribution in [-0.2, 0) is 9.84 Å². The molecule has 1 aromatic carbocycles. The van der Waals surface area contributed by atoms with Gasteiger partial charge < -0.3 is 9.84 Å². The molecule has 8 heteroatoms. The topological polar surface area (TPSA) is 106 Å². The van der Waals surface area contributed by atoms with E-state index >= 15 is 0 Å². The number of carbonyl (C=O) groups is 1. The maximum Gasteiger partial charge on any atom is 0.360 e. The molecule has 20 heavy (non-hydrogen) atoms. The molecule has 0 amide bonds. The minimum Gasteiger partial charge on any atom is -0.476 e. The summed E-state index contributed by atoms with van der Waals surface area (Å²) in [5.74, 6) is -1.33. The molecule has 0 aliphatic carbocycles. The van der Waals surface area contributed by atoms with Crippen molar-refractivity contribution in [3.8, 4) is 11.6 Å². The molecule has 2 aromatic rings. The van der Waals surface area contributed by atoms with Crippen LogP contribution in [0.4, 0.5) is 0 Å². The molecule has 1 heterocycles. The third-order valence-corrected chi connectivity index (χ3v) is 3.43. The Balaban J connectivity index is 2.39. The molecule has 0 fully saturated rings. The number of ether oxygens (including phenoxy) is 1. The normalized spacial score (nSPS) is 11.1. The minimum absolute atomic E-state index is 0.0655. The third-order valence-electron chi connectivity index (χ3n) is 2.32. The fourth-order valence-corrected chi connectivity index (χ4v) is 2.08. The first kappa shape index (κ1) is 13.9. The number of sulfone groups is 1. The van der Waals surface area contributed by atoms with E-state index in [0.717, 1.165) is 6.26 Å². The van der Waals surface area contributed by atoms with E-state index in [1.807, 2.05) is 0 Å². The fourth-order valence-electron chi connectivity index (χ4n) is 1.43. The largest absolute Gasteiger partial charge is 0.476 e. The fraction of sp³-hybridized carbons (Fsp3) is 0.0833. The third kappa shape index (κ3) is 3.09. The van der Waals surface area contributed by atoms with Crippen LogP contribution in [0.3, 0.4) is 0 Å². The molecule has 0 saturated heterocycles. The number of carboxylic acid groups (broad SMARTS) is 1. The summed E-state index contributed by atoms with van der Waals surface area (Å²) in [5.41, 5.74) is -0.350. The zero-order chi connectivity index (χ0) is 14.8. The lowest BCUT2D eigenvalue weighted by Gasteiger charge is -2.07. The average molecular weight is 294 g/mol. The van der Waals surface area contributed by atoms with Crippen molar-refractivity contribution in [3.63, 3.8) is 0 Å². The Morgan fingerprint density at radius 3 is 2.60 bits per heavy atom. The maximum absolute atomic E-state index is 11.4. The maximum atomic E-state index is 11.4. The van der Waals surface area contributed by atoms with E-state index in [0.29, 0.717) is 0 Å². The lowest BCUT2D eigenvalue weighted by molar-refractivity contribution is 0.0686.